The van der Waals surface area contributed by atoms with Gasteiger partial charge in [0.2, 0.25) is 0 Å². The largest absolute Gasteiger partial charge is 0.333 e. The summed E-state index contributed by atoms with van der Waals surface area (Å²) in [5.74, 6) is 0.401. The number of nitrogens with one attached hydrogen (secondary N) is 1. The Morgan fingerprint density at radius 1 is 1.19 bits per heavy atom. The van der Waals surface area contributed by atoms with Gasteiger partial charge in [0.25, 0.3) is 5.69 Å². The Labute approximate surface area is 161 Å². The molecule has 1 N–H and O–H groups in total. The van der Waals surface area contributed by atoms with E-state index in [0.29, 0.717) is 28.4 Å². The number of thioether (sulfide) groups is 1. The van der Waals surface area contributed by atoms with Crippen molar-refractivity contribution in [2.24, 2.45) is 0 Å². The molecule has 0 fully saturated rings. The van der Waals surface area contributed by atoms with Gasteiger partial charge < -0.3 is 4.98 Å². The Hall–Kier alpha value is -2.67. The fraction of sp³-hybridized carbons (Fsp3) is 0.300. The molecule has 0 radical (unpaired) electrons. The molecule has 0 atom stereocenters. The number of nitro groups is 1. The lowest BCUT2D eigenvalue weighted by molar-refractivity contribution is -0.384. The average molecular weight is 383 g/mol. The number of carbonyl (C=O) groups excluding carboxylic acids is 1. The van der Waals surface area contributed by atoms with Gasteiger partial charge in [-0.15, -0.1) is 0 Å². The lowest BCUT2D eigenvalue weighted by Crippen LogP contribution is -2.11. The Balaban J connectivity index is 1.60. The summed E-state index contributed by atoms with van der Waals surface area (Å²) in [5.41, 5.74) is 3.58. The maximum atomic E-state index is 12.3. The molecule has 0 saturated carbocycles. The van der Waals surface area contributed by atoms with Crippen molar-refractivity contribution < 1.29 is 9.72 Å². The molecule has 0 spiro atoms. The molecule has 0 unspecified atom stereocenters. The van der Waals surface area contributed by atoms with Crippen molar-refractivity contribution in [2.75, 3.05) is 5.75 Å². The predicted molar refractivity (Wildman–Crippen MR) is 107 cm³/mol. The number of benzene rings is 2. The summed E-state index contributed by atoms with van der Waals surface area (Å²) in [6.45, 7) is 6.48. The highest BCUT2D eigenvalue weighted by Crippen LogP contribution is 2.24. The van der Waals surface area contributed by atoms with Crippen LogP contribution in [-0.4, -0.2) is 26.4 Å². The molecule has 6 nitrogen and oxygen atoms in total. The van der Waals surface area contributed by atoms with Crippen LogP contribution in [-0.2, 0) is 16.6 Å². The minimum atomic E-state index is -0.443. The van der Waals surface area contributed by atoms with E-state index in [9.17, 15) is 14.9 Å². The first kappa shape index (κ1) is 19.1. The summed E-state index contributed by atoms with van der Waals surface area (Å²) in [6, 6.07) is 12.6. The van der Waals surface area contributed by atoms with Crippen LogP contribution in [0.2, 0.25) is 0 Å². The van der Waals surface area contributed by atoms with E-state index in [2.05, 4.69) is 42.9 Å². The molecule has 1 aromatic heterocycles. The van der Waals surface area contributed by atoms with Crippen molar-refractivity contribution in [2.45, 2.75) is 37.8 Å². The van der Waals surface area contributed by atoms with Crippen LogP contribution >= 0.6 is 11.8 Å². The molecule has 0 aliphatic carbocycles. The van der Waals surface area contributed by atoms with Gasteiger partial charge in [0, 0.05) is 18.6 Å². The number of non-ortho nitro benzene ring substituents is 1. The number of carbonyl (C=O) groups is 1. The lowest BCUT2D eigenvalue weighted by atomic mass is 9.86. The summed E-state index contributed by atoms with van der Waals surface area (Å²) in [5, 5.41) is 11.4. The number of hydrogen-bond donors (Lipinski definition) is 1. The van der Waals surface area contributed by atoms with Crippen molar-refractivity contribution in [3.63, 3.8) is 0 Å². The maximum absolute atomic E-state index is 12.3. The monoisotopic (exact) mass is 383 g/mol. The zero-order chi connectivity index (χ0) is 19.6. The average Bonchev–Trinajstić information content (AvgIpc) is 3.01. The van der Waals surface area contributed by atoms with Gasteiger partial charge in [-0.25, -0.2) is 4.98 Å². The number of aromatic amines is 1. The number of Topliss-reactive ketones (excluding diaryl/α,β-unsaturated/α-hetero) is 1. The third kappa shape index (κ3) is 4.74. The lowest BCUT2D eigenvalue weighted by Gasteiger charge is -2.19. The number of rotatable bonds is 6. The van der Waals surface area contributed by atoms with Gasteiger partial charge in [-0.1, -0.05) is 56.8 Å². The third-order valence-corrected chi connectivity index (χ3v) is 5.18. The number of fused-ring (bicyclic) bond motifs is 1. The molecule has 3 rings (SSSR count). The second-order valence-electron chi connectivity index (χ2n) is 7.45. The summed E-state index contributed by atoms with van der Waals surface area (Å²) in [4.78, 5) is 30.1. The molecule has 0 aliphatic heterocycles. The standard InChI is InChI=1S/C20H21N3O3S/c1-20(2,3)14-6-4-13(5-7-14)10-16(24)12-27-19-21-17-9-8-15(23(25)26)11-18(17)22-19/h4-9,11H,10,12H2,1-3H3,(H,21,22). The zero-order valence-corrected chi connectivity index (χ0v) is 16.3. The summed E-state index contributed by atoms with van der Waals surface area (Å²) >= 11 is 1.31. The van der Waals surface area contributed by atoms with Crippen LogP contribution in [0.1, 0.15) is 31.9 Å². The van der Waals surface area contributed by atoms with Gasteiger partial charge in [0.15, 0.2) is 5.16 Å². The molecule has 3 aromatic rings. The molecular formula is C20H21N3O3S. The summed E-state index contributed by atoms with van der Waals surface area (Å²) in [6.07, 6.45) is 0.378. The second kappa shape index (κ2) is 7.52. The van der Waals surface area contributed by atoms with Gasteiger partial charge in [0.05, 0.1) is 21.7 Å². The second-order valence-corrected chi connectivity index (χ2v) is 8.42. The van der Waals surface area contributed by atoms with Crippen molar-refractivity contribution >= 4 is 34.3 Å². The Morgan fingerprint density at radius 2 is 1.89 bits per heavy atom. The molecule has 0 aliphatic rings. The zero-order valence-electron chi connectivity index (χ0n) is 15.5. The van der Waals surface area contributed by atoms with Crippen molar-refractivity contribution in [3.05, 3.63) is 63.7 Å². The van der Waals surface area contributed by atoms with Crippen LogP contribution < -0.4 is 0 Å². The molecule has 7 heteroatoms. The van der Waals surface area contributed by atoms with Crippen molar-refractivity contribution in [1.82, 2.24) is 9.97 Å². The first-order valence-electron chi connectivity index (χ1n) is 8.60. The Bertz CT molecular complexity index is 988. The van der Waals surface area contributed by atoms with E-state index in [0.717, 1.165) is 5.56 Å². The van der Waals surface area contributed by atoms with Gasteiger partial charge in [-0.3, -0.25) is 14.9 Å². The van der Waals surface area contributed by atoms with Crippen molar-refractivity contribution in [1.29, 1.82) is 0 Å². The first-order chi connectivity index (χ1) is 12.7. The first-order valence-corrected chi connectivity index (χ1v) is 9.59. The van der Waals surface area contributed by atoms with Crippen LogP contribution in [0, 0.1) is 10.1 Å². The maximum Gasteiger partial charge on any atom is 0.271 e. The van der Waals surface area contributed by atoms with Gasteiger partial charge in [-0.2, -0.15) is 0 Å². The molecular weight excluding hydrogens is 362 g/mol. The number of hydrogen-bond acceptors (Lipinski definition) is 5. The van der Waals surface area contributed by atoms with Crippen LogP contribution in [0.3, 0.4) is 0 Å². The SMILES string of the molecule is CC(C)(C)c1ccc(CC(=O)CSc2nc3ccc([N+](=O)[O-])cc3[nH]2)cc1. The number of imidazole rings is 1. The highest BCUT2D eigenvalue weighted by atomic mass is 32.2. The molecule has 140 valence electrons. The number of nitrogens with zero attached hydrogens (tertiary/aromatic N) is 2. The van der Waals surface area contributed by atoms with Crippen molar-refractivity contribution in [3.8, 4) is 0 Å². The van der Waals surface area contributed by atoms with Crippen LogP contribution in [0.25, 0.3) is 11.0 Å². The summed E-state index contributed by atoms with van der Waals surface area (Å²) in [7, 11) is 0. The number of H-pyrrole nitrogens is 1. The molecule has 1 heterocycles. The molecule has 0 saturated heterocycles. The quantitative estimate of drug-likeness (QED) is 0.379. The fourth-order valence-corrected chi connectivity index (χ4v) is 3.45. The fourth-order valence-electron chi connectivity index (χ4n) is 2.71. The van der Waals surface area contributed by atoms with E-state index in [1.807, 2.05) is 12.1 Å². The number of ketones is 1. The minimum absolute atomic E-state index is 0.0116. The summed E-state index contributed by atoms with van der Waals surface area (Å²) < 4.78 is 0. The van der Waals surface area contributed by atoms with Gasteiger partial charge >= 0.3 is 0 Å². The Morgan fingerprint density at radius 3 is 2.52 bits per heavy atom. The smallest absolute Gasteiger partial charge is 0.271 e. The van der Waals surface area contributed by atoms with Gasteiger partial charge in [-0.05, 0) is 22.6 Å². The highest BCUT2D eigenvalue weighted by Gasteiger charge is 2.14. The van der Waals surface area contributed by atoms with E-state index in [-0.39, 0.29) is 16.9 Å². The normalized spacial score (nSPS) is 11.7. The number of nitro benzene ring substituents is 1. The molecule has 27 heavy (non-hydrogen) atoms. The minimum Gasteiger partial charge on any atom is -0.333 e. The van der Waals surface area contributed by atoms with E-state index in [1.54, 1.807) is 6.07 Å². The third-order valence-electron chi connectivity index (χ3n) is 4.25. The van der Waals surface area contributed by atoms with E-state index < -0.39 is 4.92 Å². The topological polar surface area (TPSA) is 88.9 Å². The van der Waals surface area contributed by atoms with Gasteiger partial charge in [0.1, 0.15) is 5.78 Å². The van der Waals surface area contributed by atoms with E-state index in [1.165, 1.54) is 29.5 Å². The van der Waals surface area contributed by atoms with Crippen LogP contribution in [0.5, 0.6) is 0 Å². The number of aromatic nitrogens is 2. The highest BCUT2D eigenvalue weighted by molar-refractivity contribution is 7.99. The molecule has 2 aromatic carbocycles. The van der Waals surface area contributed by atoms with Crippen LogP contribution in [0.4, 0.5) is 5.69 Å². The predicted octanol–water partition coefficient (Wildman–Crippen LogP) is 4.67. The Kier molecular flexibility index (Phi) is 5.32. The van der Waals surface area contributed by atoms with E-state index >= 15 is 0 Å². The molecule has 0 bridgehead atoms. The van der Waals surface area contributed by atoms with E-state index in [4.69, 9.17) is 0 Å². The molecule has 0 amide bonds. The van der Waals surface area contributed by atoms with Crippen LogP contribution in [0.15, 0.2) is 47.6 Å².